The predicted molar refractivity (Wildman–Crippen MR) is 57.4 cm³/mol. The van der Waals surface area contributed by atoms with Gasteiger partial charge in [-0.2, -0.15) is 25.8 Å². The molecule has 13 heavy (non-hydrogen) atoms. The molecule has 0 spiro atoms. The van der Waals surface area contributed by atoms with Crippen LogP contribution >= 0.6 is 35.2 Å². The van der Waals surface area contributed by atoms with Crippen LogP contribution in [-0.4, -0.2) is 33.0 Å². The lowest BCUT2D eigenvalue weighted by molar-refractivity contribution is -0.150. The highest BCUT2D eigenvalue weighted by molar-refractivity contribution is 14.1. The molecular formula is C7H11F3INS. The van der Waals surface area contributed by atoms with Crippen molar-refractivity contribution in [3.05, 3.63) is 0 Å². The zero-order chi connectivity index (χ0) is 10.3. The molecule has 0 saturated carbocycles. The van der Waals surface area contributed by atoms with Crippen molar-refractivity contribution in [3.8, 4) is 0 Å². The molecule has 0 aromatic heterocycles. The Labute approximate surface area is 94.6 Å². The average Bonchev–Trinajstić information content (AvgIpc) is 2.31. The zero-order valence-corrected chi connectivity index (χ0v) is 10.2. The molecule has 2 atom stereocenters. The van der Waals surface area contributed by atoms with Crippen LogP contribution in [0.15, 0.2) is 0 Å². The first kappa shape index (κ1) is 11.9. The van der Waals surface area contributed by atoms with E-state index in [1.165, 1.54) is 22.6 Å². The normalized spacial score (nSPS) is 33.7. The van der Waals surface area contributed by atoms with Crippen molar-refractivity contribution in [2.75, 3.05) is 13.1 Å². The van der Waals surface area contributed by atoms with Gasteiger partial charge in [0.2, 0.25) is 0 Å². The Morgan fingerprint density at radius 1 is 1.54 bits per heavy atom. The van der Waals surface area contributed by atoms with E-state index in [1.54, 1.807) is 11.8 Å². The lowest BCUT2D eigenvalue weighted by atomic mass is 10.1. The first-order valence-corrected chi connectivity index (χ1v) is 5.53. The fourth-order valence-electron chi connectivity index (χ4n) is 1.35. The van der Waals surface area contributed by atoms with Crippen molar-refractivity contribution in [3.63, 3.8) is 0 Å². The molecule has 0 aliphatic carbocycles. The van der Waals surface area contributed by atoms with Crippen molar-refractivity contribution in [2.24, 2.45) is 0 Å². The highest BCUT2D eigenvalue weighted by Gasteiger charge is 2.56. The van der Waals surface area contributed by atoms with Gasteiger partial charge < -0.3 is 0 Å². The summed E-state index contributed by atoms with van der Waals surface area (Å²) in [6.07, 6.45) is -3.94. The van der Waals surface area contributed by atoms with Gasteiger partial charge in [-0.25, -0.2) is 0 Å². The number of thiol groups is 1. The summed E-state index contributed by atoms with van der Waals surface area (Å²) < 4.78 is 36.0. The monoisotopic (exact) mass is 325 g/mol. The Bertz CT molecular complexity index is 197. The first-order valence-electron chi connectivity index (χ1n) is 3.94. The van der Waals surface area contributed by atoms with Crippen LogP contribution in [0.2, 0.25) is 0 Å². The second-order valence-corrected chi connectivity index (χ2v) is 6.13. The highest BCUT2D eigenvalue weighted by atomic mass is 127. The van der Waals surface area contributed by atoms with Gasteiger partial charge in [-0.3, -0.25) is 4.90 Å². The highest BCUT2D eigenvalue weighted by Crippen LogP contribution is 2.45. The molecule has 0 aromatic carbocycles. The van der Waals surface area contributed by atoms with Crippen molar-refractivity contribution >= 4 is 35.2 Å². The fraction of sp³-hybridized carbons (Fsp3) is 1.00. The Morgan fingerprint density at radius 2 is 2.08 bits per heavy atom. The second kappa shape index (κ2) is 3.77. The van der Waals surface area contributed by atoms with Gasteiger partial charge in [0.25, 0.3) is 0 Å². The summed E-state index contributed by atoms with van der Waals surface area (Å²) in [4.78, 5) is 1.74. The maximum atomic E-state index is 12.5. The van der Waals surface area contributed by atoms with E-state index in [0.717, 1.165) is 0 Å². The molecule has 1 nitrogen and oxygen atoms in total. The van der Waals surface area contributed by atoms with Crippen LogP contribution in [0.25, 0.3) is 0 Å². The molecular weight excluding hydrogens is 314 g/mol. The second-order valence-electron chi connectivity index (χ2n) is 3.32. The summed E-state index contributed by atoms with van der Waals surface area (Å²) in [6.45, 7) is 2.33. The van der Waals surface area contributed by atoms with Gasteiger partial charge in [-0.15, -0.1) is 0 Å². The number of hydrogen-bond donors (Lipinski definition) is 1. The standard InChI is InChI=1S/C7H11F3INS/c1-5(13)12-3-2-6(11,4-12)7(8,9)10/h5,13H,2-4H2,1H3/t5-,6?/m0/s1. The minimum absolute atomic E-state index is 0.0573. The SMILES string of the molecule is C[C@H](S)N1CCC(I)(C(F)(F)F)C1. The molecule has 1 aliphatic rings. The maximum Gasteiger partial charge on any atom is 0.404 e. The zero-order valence-electron chi connectivity index (χ0n) is 7.10. The summed E-state index contributed by atoms with van der Waals surface area (Å²) in [7, 11) is 0. The Kier molecular flexibility index (Phi) is 3.45. The molecule has 1 fully saturated rings. The molecule has 1 saturated heterocycles. The van der Waals surface area contributed by atoms with Crippen molar-refractivity contribution in [2.45, 2.75) is 28.3 Å². The Morgan fingerprint density at radius 3 is 2.31 bits per heavy atom. The summed E-state index contributed by atoms with van der Waals surface area (Å²) >= 11 is 5.64. The number of halogens is 4. The topological polar surface area (TPSA) is 3.24 Å². The van der Waals surface area contributed by atoms with E-state index in [2.05, 4.69) is 12.6 Å². The third-order valence-electron chi connectivity index (χ3n) is 2.29. The summed E-state index contributed by atoms with van der Waals surface area (Å²) in [5.74, 6) is 0. The Hall–Kier alpha value is 0.830. The van der Waals surface area contributed by atoms with Crippen LogP contribution in [0.3, 0.4) is 0 Å². The minimum atomic E-state index is -4.11. The first-order chi connectivity index (χ1) is 5.76. The van der Waals surface area contributed by atoms with Gasteiger partial charge in [0.05, 0.1) is 0 Å². The van der Waals surface area contributed by atoms with Crippen LogP contribution in [-0.2, 0) is 0 Å². The van der Waals surface area contributed by atoms with Gasteiger partial charge in [0.1, 0.15) is 3.42 Å². The molecule has 0 bridgehead atoms. The number of hydrogen-bond acceptors (Lipinski definition) is 2. The Balaban J connectivity index is 2.67. The molecule has 0 N–H and O–H groups in total. The summed E-state index contributed by atoms with van der Waals surface area (Å²) in [5.41, 5.74) is 0. The lowest BCUT2D eigenvalue weighted by Crippen LogP contribution is -2.42. The molecule has 1 unspecified atom stereocenters. The van der Waals surface area contributed by atoms with Gasteiger partial charge in [-0.1, -0.05) is 22.6 Å². The minimum Gasteiger partial charge on any atom is -0.290 e. The number of likely N-dealkylation sites (tertiary alicyclic amines) is 1. The van der Waals surface area contributed by atoms with Crippen LogP contribution in [0.4, 0.5) is 13.2 Å². The summed E-state index contributed by atoms with van der Waals surface area (Å²) in [5, 5.41) is -0.0982. The van der Waals surface area contributed by atoms with Gasteiger partial charge in [0, 0.05) is 18.5 Å². The third kappa shape index (κ3) is 2.44. The van der Waals surface area contributed by atoms with Crippen molar-refractivity contribution in [1.29, 1.82) is 0 Å². The van der Waals surface area contributed by atoms with Crippen LogP contribution in [0.5, 0.6) is 0 Å². The van der Waals surface area contributed by atoms with E-state index in [4.69, 9.17) is 0 Å². The van der Waals surface area contributed by atoms with Crippen molar-refractivity contribution < 1.29 is 13.2 Å². The quantitative estimate of drug-likeness (QED) is 0.441. The van der Waals surface area contributed by atoms with Crippen LogP contribution in [0.1, 0.15) is 13.3 Å². The van der Waals surface area contributed by atoms with E-state index >= 15 is 0 Å². The fourth-order valence-corrected chi connectivity index (χ4v) is 2.23. The number of nitrogens with zero attached hydrogens (tertiary/aromatic N) is 1. The third-order valence-corrected chi connectivity index (χ3v) is 4.10. The maximum absolute atomic E-state index is 12.5. The van der Waals surface area contributed by atoms with Crippen LogP contribution in [0, 0.1) is 0 Å². The van der Waals surface area contributed by atoms with E-state index < -0.39 is 9.60 Å². The molecule has 1 aliphatic heterocycles. The molecule has 0 aromatic rings. The van der Waals surface area contributed by atoms with E-state index in [9.17, 15) is 13.2 Å². The van der Waals surface area contributed by atoms with Gasteiger partial charge in [-0.05, 0) is 13.3 Å². The molecule has 6 heteroatoms. The molecule has 78 valence electrons. The molecule has 1 rings (SSSR count). The van der Waals surface area contributed by atoms with Crippen LogP contribution < -0.4 is 0 Å². The molecule has 0 radical (unpaired) electrons. The molecule has 1 heterocycles. The van der Waals surface area contributed by atoms with E-state index in [1.807, 2.05) is 0 Å². The van der Waals surface area contributed by atoms with Crippen molar-refractivity contribution in [1.82, 2.24) is 4.90 Å². The number of alkyl halides is 4. The average molecular weight is 325 g/mol. The van der Waals surface area contributed by atoms with E-state index in [0.29, 0.717) is 6.54 Å². The predicted octanol–water partition coefficient (Wildman–Crippen LogP) is 2.70. The summed E-state index contributed by atoms with van der Waals surface area (Å²) in [6, 6.07) is 0. The largest absolute Gasteiger partial charge is 0.404 e. The smallest absolute Gasteiger partial charge is 0.290 e. The van der Waals surface area contributed by atoms with Gasteiger partial charge >= 0.3 is 6.18 Å². The molecule has 0 amide bonds. The van der Waals surface area contributed by atoms with E-state index in [-0.39, 0.29) is 18.3 Å². The van der Waals surface area contributed by atoms with Gasteiger partial charge in [0.15, 0.2) is 0 Å². The number of rotatable bonds is 1. The lowest BCUT2D eigenvalue weighted by Gasteiger charge is -2.26.